The van der Waals surface area contributed by atoms with Crippen LogP contribution < -0.4 is 5.32 Å². The van der Waals surface area contributed by atoms with Crippen molar-refractivity contribution in [2.24, 2.45) is 5.92 Å². The average Bonchev–Trinajstić information content (AvgIpc) is 2.20. The van der Waals surface area contributed by atoms with Crippen molar-refractivity contribution in [1.29, 1.82) is 0 Å². The van der Waals surface area contributed by atoms with Crippen LogP contribution in [0, 0.1) is 5.92 Å². The van der Waals surface area contributed by atoms with E-state index in [4.69, 9.17) is 11.6 Å². The van der Waals surface area contributed by atoms with Crippen molar-refractivity contribution in [3.05, 3.63) is 34.3 Å². The molecule has 0 unspecified atom stereocenters. The van der Waals surface area contributed by atoms with Gasteiger partial charge in [-0.3, -0.25) is 0 Å². The Balaban J connectivity index is 2.95. The van der Waals surface area contributed by atoms with E-state index in [0.29, 0.717) is 10.9 Å². The van der Waals surface area contributed by atoms with Crippen molar-refractivity contribution >= 4 is 11.6 Å². The summed E-state index contributed by atoms with van der Waals surface area (Å²) in [6, 6.07) is 4.53. The Kier molecular flexibility index (Phi) is 4.90. The van der Waals surface area contributed by atoms with Gasteiger partial charge in [0.15, 0.2) is 0 Å². The SMILES string of the molecule is CNCC(F)(F)c1ccc(CC(C)C)c(Cl)c1. The molecule has 0 aliphatic carbocycles. The summed E-state index contributed by atoms with van der Waals surface area (Å²) >= 11 is 6.03. The number of benzene rings is 1. The molecule has 0 saturated heterocycles. The van der Waals surface area contributed by atoms with Gasteiger partial charge in [-0.1, -0.05) is 37.6 Å². The van der Waals surface area contributed by atoms with Gasteiger partial charge in [-0.25, -0.2) is 0 Å². The third kappa shape index (κ3) is 3.93. The molecular weight excluding hydrogens is 244 g/mol. The van der Waals surface area contributed by atoms with Gasteiger partial charge in [-0.05, 0) is 31.0 Å². The summed E-state index contributed by atoms with van der Waals surface area (Å²) in [6.07, 6.45) is 0.802. The number of nitrogens with one attached hydrogen (secondary N) is 1. The van der Waals surface area contributed by atoms with Crippen LogP contribution in [0.1, 0.15) is 25.0 Å². The van der Waals surface area contributed by atoms with Crippen LogP contribution in [0.4, 0.5) is 8.78 Å². The Morgan fingerprint density at radius 2 is 2.00 bits per heavy atom. The first kappa shape index (κ1) is 14.4. The van der Waals surface area contributed by atoms with Gasteiger partial charge >= 0.3 is 0 Å². The molecule has 1 rings (SSSR count). The molecule has 0 amide bonds. The van der Waals surface area contributed by atoms with Crippen molar-refractivity contribution in [2.45, 2.75) is 26.2 Å². The number of halogens is 3. The van der Waals surface area contributed by atoms with Crippen LogP contribution in [0.25, 0.3) is 0 Å². The van der Waals surface area contributed by atoms with Crippen LogP contribution in [0.2, 0.25) is 5.02 Å². The average molecular weight is 262 g/mol. The first-order valence-electron chi connectivity index (χ1n) is 5.68. The van der Waals surface area contributed by atoms with Crippen molar-refractivity contribution in [3.8, 4) is 0 Å². The Morgan fingerprint density at radius 3 is 2.47 bits per heavy atom. The minimum Gasteiger partial charge on any atom is -0.314 e. The van der Waals surface area contributed by atoms with Crippen molar-refractivity contribution in [1.82, 2.24) is 5.32 Å². The highest BCUT2D eigenvalue weighted by Crippen LogP contribution is 2.31. The van der Waals surface area contributed by atoms with Gasteiger partial charge in [0.1, 0.15) is 0 Å². The van der Waals surface area contributed by atoms with E-state index in [1.807, 2.05) is 0 Å². The number of hydrogen-bond donors (Lipinski definition) is 1. The molecule has 1 aromatic rings. The smallest absolute Gasteiger partial charge is 0.285 e. The zero-order valence-electron chi connectivity index (χ0n) is 10.4. The number of hydrogen-bond acceptors (Lipinski definition) is 1. The van der Waals surface area contributed by atoms with Crippen molar-refractivity contribution in [2.75, 3.05) is 13.6 Å². The molecule has 0 fully saturated rings. The fraction of sp³-hybridized carbons (Fsp3) is 0.538. The lowest BCUT2D eigenvalue weighted by Crippen LogP contribution is -2.28. The van der Waals surface area contributed by atoms with Gasteiger partial charge in [0.25, 0.3) is 5.92 Å². The van der Waals surface area contributed by atoms with Gasteiger partial charge in [0.05, 0.1) is 6.54 Å². The Morgan fingerprint density at radius 1 is 1.35 bits per heavy atom. The number of rotatable bonds is 5. The molecule has 96 valence electrons. The highest BCUT2D eigenvalue weighted by atomic mass is 35.5. The molecule has 4 heteroatoms. The second-order valence-electron chi connectivity index (χ2n) is 4.64. The Hall–Kier alpha value is -0.670. The fourth-order valence-electron chi connectivity index (χ4n) is 1.70. The van der Waals surface area contributed by atoms with Crippen LogP contribution >= 0.6 is 11.6 Å². The maximum absolute atomic E-state index is 13.6. The minimum absolute atomic E-state index is 0.0376. The largest absolute Gasteiger partial charge is 0.314 e. The molecule has 1 nitrogen and oxygen atoms in total. The van der Waals surface area contributed by atoms with Crippen LogP contribution in [0.15, 0.2) is 18.2 Å². The number of likely N-dealkylation sites (N-methyl/N-ethyl adjacent to an activating group) is 1. The zero-order chi connectivity index (χ0) is 13.1. The summed E-state index contributed by atoms with van der Waals surface area (Å²) in [7, 11) is 1.50. The van der Waals surface area contributed by atoms with E-state index in [2.05, 4.69) is 19.2 Å². The van der Waals surface area contributed by atoms with Gasteiger partial charge in [-0.2, -0.15) is 8.78 Å². The second-order valence-corrected chi connectivity index (χ2v) is 5.05. The lowest BCUT2D eigenvalue weighted by Gasteiger charge is -2.17. The van der Waals surface area contributed by atoms with E-state index in [-0.39, 0.29) is 12.1 Å². The van der Waals surface area contributed by atoms with E-state index < -0.39 is 5.92 Å². The lowest BCUT2D eigenvalue weighted by molar-refractivity contribution is -0.00126. The topological polar surface area (TPSA) is 12.0 Å². The Labute approximate surface area is 106 Å². The molecule has 0 atom stereocenters. The third-order valence-corrected chi connectivity index (χ3v) is 2.85. The van der Waals surface area contributed by atoms with Gasteiger partial charge in [0.2, 0.25) is 0 Å². The van der Waals surface area contributed by atoms with E-state index in [9.17, 15) is 8.78 Å². The maximum atomic E-state index is 13.6. The van der Waals surface area contributed by atoms with Crippen LogP contribution in [0.3, 0.4) is 0 Å². The molecule has 0 spiro atoms. The van der Waals surface area contributed by atoms with Crippen molar-refractivity contribution in [3.63, 3.8) is 0 Å². The van der Waals surface area contributed by atoms with Gasteiger partial charge < -0.3 is 5.32 Å². The Bertz CT molecular complexity index is 378. The summed E-state index contributed by atoms with van der Waals surface area (Å²) in [5, 5.41) is 2.90. The zero-order valence-corrected chi connectivity index (χ0v) is 11.1. The summed E-state index contributed by atoms with van der Waals surface area (Å²) in [4.78, 5) is 0. The normalized spacial score (nSPS) is 12.2. The standard InChI is InChI=1S/C13H18ClF2N/c1-9(2)6-10-4-5-11(7-12(10)14)13(15,16)8-17-3/h4-5,7,9,17H,6,8H2,1-3H3. The maximum Gasteiger partial charge on any atom is 0.285 e. The molecule has 0 aliphatic rings. The summed E-state index contributed by atoms with van der Waals surface area (Å²) in [5.74, 6) is -2.43. The highest BCUT2D eigenvalue weighted by molar-refractivity contribution is 6.31. The molecule has 0 aliphatic heterocycles. The number of alkyl halides is 2. The predicted octanol–water partition coefficient (Wildman–Crippen LogP) is 3.85. The molecule has 0 radical (unpaired) electrons. The second kappa shape index (κ2) is 5.78. The van der Waals surface area contributed by atoms with Crippen molar-refractivity contribution < 1.29 is 8.78 Å². The molecule has 17 heavy (non-hydrogen) atoms. The summed E-state index contributed by atoms with van der Waals surface area (Å²) in [6.45, 7) is 3.76. The van der Waals surface area contributed by atoms with E-state index in [1.54, 1.807) is 6.07 Å². The third-order valence-electron chi connectivity index (χ3n) is 2.50. The molecule has 1 N–H and O–H groups in total. The summed E-state index contributed by atoms with van der Waals surface area (Å²) < 4.78 is 27.2. The molecule has 0 bridgehead atoms. The lowest BCUT2D eigenvalue weighted by atomic mass is 9.99. The quantitative estimate of drug-likeness (QED) is 0.849. The van der Waals surface area contributed by atoms with Crippen LogP contribution in [0.5, 0.6) is 0 Å². The molecule has 0 heterocycles. The predicted molar refractivity (Wildman–Crippen MR) is 67.8 cm³/mol. The van der Waals surface area contributed by atoms with Gasteiger partial charge in [-0.15, -0.1) is 0 Å². The van der Waals surface area contributed by atoms with E-state index in [1.165, 1.54) is 19.2 Å². The summed E-state index contributed by atoms with van der Waals surface area (Å²) in [5.41, 5.74) is 0.884. The van der Waals surface area contributed by atoms with Gasteiger partial charge in [0, 0.05) is 10.6 Å². The first-order chi connectivity index (χ1) is 7.86. The van der Waals surface area contributed by atoms with Crippen LogP contribution in [-0.4, -0.2) is 13.6 Å². The molecular formula is C13H18ClF2N. The van der Waals surface area contributed by atoms with E-state index >= 15 is 0 Å². The highest BCUT2D eigenvalue weighted by Gasteiger charge is 2.30. The minimum atomic E-state index is -2.88. The fourth-order valence-corrected chi connectivity index (χ4v) is 1.96. The molecule has 0 saturated carbocycles. The van der Waals surface area contributed by atoms with Crippen LogP contribution in [-0.2, 0) is 12.3 Å². The molecule has 0 aromatic heterocycles. The monoisotopic (exact) mass is 261 g/mol. The first-order valence-corrected chi connectivity index (χ1v) is 6.06. The van der Waals surface area contributed by atoms with E-state index in [0.717, 1.165) is 12.0 Å². The molecule has 1 aromatic carbocycles.